The lowest BCUT2D eigenvalue weighted by Crippen LogP contribution is -2.43. The number of amides is 1. The summed E-state index contributed by atoms with van der Waals surface area (Å²) in [5.74, 6) is -0.258. The second kappa shape index (κ2) is 7.46. The fourth-order valence-corrected chi connectivity index (χ4v) is 3.41. The van der Waals surface area contributed by atoms with Crippen molar-refractivity contribution in [3.05, 3.63) is 0 Å². The summed E-state index contributed by atoms with van der Waals surface area (Å²) >= 11 is 2.70. The first-order valence-corrected chi connectivity index (χ1v) is 7.75. The van der Waals surface area contributed by atoms with Crippen LogP contribution in [0.5, 0.6) is 0 Å². The lowest BCUT2D eigenvalue weighted by atomic mass is 10.1. The van der Waals surface area contributed by atoms with Crippen molar-refractivity contribution in [2.24, 2.45) is 5.10 Å². The van der Waals surface area contributed by atoms with Crippen LogP contribution in [-0.2, 0) is 4.79 Å². The number of aliphatic hydroxyl groups excluding tert-OH is 4. The lowest BCUT2D eigenvalue weighted by molar-refractivity contribution is -0.130. The average Bonchev–Trinajstić information content (AvgIpc) is 2.80. The van der Waals surface area contributed by atoms with E-state index in [4.69, 9.17) is 5.11 Å². The number of thioether (sulfide) groups is 2. The minimum absolute atomic E-state index is 0.0516. The Bertz CT molecular complexity index is 355. The molecule has 0 saturated heterocycles. The zero-order chi connectivity index (χ0) is 14.6. The molecule has 4 N–H and O–H groups in total. The average molecular weight is 310 g/mol. The van der Waals surface area contributed by atoms with Gasteiger partial charge in [0.2, 0.25) is 5.91 Å². The van der Waals surface area contributed by atoms with Gasteiger partial charge in [0.25, 0.3) is 0 Å². The van der Waals surface area contributed by atoms with Gasteiger partial charge in [-0.2, -0.15) is 5.10 Å². The Kier molecular flexibility index (Phi) is 6.57. The predicted octanol–water partition coefficient (Wildman–Crippen LogP) is -0.993. The number of nitrogens with zero attached hydrogens (tertiary/aromatic N) is 2. The normalized spacial score (nSPS) is 24.0. The Balaban J connectivity index is 2.64. The van der Waals surface area contributed by atoms with E-state index < -0.39 is 30.3 Å². The van der Waals surface area contributed by atoms with E-state index in [2.05, 4.69) is 5.10 Å². The largest absolute Gasteiger partial charge is 0.394 e. The van der Waals surface area contributed by atoms with Crippen molar-refractivity contribution >= 4 is 33.8 Å². The van der Waals surface area contributed by atoms with Gasteiger partial charge in [0.1, 0.15) is 17.6 Å². The first-order chi connectivity index (χ1) is 8.90. The zero-order valence-electron chi connectivity index (χ0n) is 10.6. The van der Waals surface area contributed by atoms with Gasteiger partial charge in [0.15, 0.2) is 4.38 Å². The molecule has 1 unspecified atom stereocenters. The van der Waals surface area contributed by atoms with Crippen LogP contribution in [0.25, 0.3) is 0 Å². The summed E-state index contributed by atoms with van der Waals surface area (Å²) in [5, 5.41) is 42.3. The minimum Gasteiger partial charge on any atom is -0.394 e. The van der Waals surface area contributed by atoms with E-state index >= 15 is 0 Å². The number of aliphatic hydroxyl groups is 4. The van der Waals surface area contributed by atoms with Gasteiger partial charge in [-0.15, -0.1) is 11.8 Å². The third-order valence-corrected chi connectivity index (χ3v) is 4.78. The number of carbonyl (C=O) groups is 1. The zero-order valence-corrected chi connectivity index (χ0v) is 12.3. The van der Waals surface area contributed by atoms with Crippen molar-refractivity contribution in [1.82, 2.24) is 5.01 Å². The van der Waals surface area contributed by atoms with Gasteiger partial charge in [0.05, 0.1) is 12.7 Å². The van der Waals surface area contributed by atoms with Gasteiger partial charge in [-0.3, -0.25) is 4.79 Å². The molecule has 0 aromatic rings. The Morgan fingerprint density at radius 3 is 2.58 bits per heavy atom. The highest BCUT2D eigenvalue weighted by atomic mass is 32.2. The highest BCUT2D eigenvalue weighted by Gasteiger charge is 2.35. The van der Waals surface area contributed by atoms with Gasteiger partial charge in [0, 0.05) is 13.3 Å². The maximum atomic E-state index is 11.4. The summed E-state index contributed by atoms with van der Waals surface area (Å²) in [5.41, 5.74) is 0. The van der Waals surface area contributed by atoms with Crippen LogP contribution in [0.2, 0.25) is 0 Å². The molecule has 0 saturated carbocycles. The van der Waals surface area contributed by atoms with Crippen molar-refractivity contribution in [2.45, 2.75) is 37.0 Å². The Morgan fingerprint density at radius 2 is 2.11 bits per heavy atom. The van der Waals surface area contributed by atoms with E-state index in [0.717, 1.165) is 0 Å². The van der Waals surface area contributed by atoms with E-state index in [1.54, 1.807) is 0 Å². The SMILES string of the molecule is CSC1=NN(C(C)=O)C(C[C@H](O)[C@@H](O)[C@@H](O)CO)S1. The van der Waals surface area contributed by atoms with Crippen LogP contribution < -0.4 is 0 Å². The Labute approximate surface area is 119 Å². The van der Waals surface area contributed by atoms with E-state index in [9.17, 15) is 20.1 Å². The summed E-state index contributed by atoms with van der Waals surface area (Å²) in [7, 11) is 0. The molecule has 1 aliphatic rings. The summed E-state index contributed by atoms with van der Waals surface area (Å²) < 4.78 is 0.699. The molecular formula is C10H18N2O5S2. The van der Waals surface area contributed by atoms with Crippen LogP contribution in [0, 0.1) is 0 Å². The summed E-state index contributed by atoms with van der Waals surface area (Å²) in [6.07, 6.45) is -2.24. The molecule has 7 nitrogen and oxygen atoms in total. The molecule has 19 heavy (non-hydrogen) atoms. The van der Waals surface area contributed by atoms with E-state index in [1.807, 2.05) is 6.26 Å². The van der Waals surface area contributed by atoms with Gasteiger partial charge >= 0.3 is 0 Å². The molecule has 0 fully saturated rings. The van der Waals surface area contributed by atoms with Crippen LogP contribution in [0.4, 0.5) is 0 Å². The third kappa shape index (κ3) is 4.33. The molecule has 1 aliphatic heterocycles. The smallest absolute Gasteiger partial charge is 0.240 e. The molecule has 4 atom stereocenters. The van der Waals surface area contributed by atoms with Gasteiger partial charge in [-0.05, 0) is 6.26 Å². The lowest BCUT2D eigenvalue weighted by Gasteiger charge is -2.26. The Hall–Kier alpha value is -0.320. The monoisotopic (exact) mass is 310 g/mol. The molecule has 9 heteroatoms. The minimum atomic E-state index is -1.46. The highest BCUT2D eigenvalue weighted by Crippen LogP contribution is 2.34. The maximum Gasteiger partial charge on any atom is 0.240 e. The van der Waals surface area contributed by atoms with Crippen LogP contribution in [0.1, 0.15) is 13.3 Å². The highest BCUT2D eigenvalue weighted by molar-refractivity contribution is 8.39. The molecular weight excluding hydrogens is 292 g/mol. The molecule has 1 amide bonds. The molecule has 0 aromatic heterocycles. The second-order valence-electron chi connectivity index (χ2n) is 4.05. The van der Waals surface area contributed by atoms with Gasteiger partial charge in [-0.1, -0.05) is 11.8 Å². The summed E-state index contributed by atoms with van der Waals surface area (Å²) in [6, 6.07) is 0. The first kappa shape index (κ1) is 16.7. The molecule has 0 radical (unpaired) electrons. The van der Waals surface area contributed by atoms with E-state index in [1.165, 1.54) is 35.5 Å². The van der Waals surface area contributed by atoms with Crippen LogP contribution >= 0.6 is 23.5 Å². The molecule has 0 aliphatic carbocycles. The number of hydrazone groups is 1. The first-order valence-electron chi connectivity index (χ1n) is 5.64. The van der Waals surface area contributed by atoms with Crippen LogP contribution in [0.15, 0.2) is 5.10 Å². The van der Waals surface area contributed by atoms with Gasteiger partial charge in [-0.25, -0.2) is 5.01 Å². The van der Waals surface area contributed by atoms with E-state index in [-0.39, 0.29) is 12.3 Å². The molecule has 110 valence electrons. The van der Waals surface area contributed by atoms with Crippen molar-refractivity contribution in [2.75, 3.05) is 12.9 Å². The fourth-order valence-electron chi connectivity index (χ4n) is 1.56. The number of rotatable bonds is 5. The fraction of sp³-hybridized carbons (Fsp3) is 0.800. The maximum absolute atomic E-state index is 11.4. The second-order valence-corrected chi connectivity index (χ2v) is 6.27. The third-order valence-electron chi connectivity index (χ3n) is 2.61. The summed E-state index contributed by atoms with van der Waals surface area (Å²) in [4.78, 5) is 11.4. The van der Waals surface area contributed by atoms with Crippen LogP contribution in [-0.4, -0.2) is 72.3 Å². The van der Waals surface area contributed by atoms with Gasteiger partial charge < -0.3 is 20.4 Å². The van der Waals surface area contributed by atoms with Crippen molar-refractivity contribution < 1.29 is 25.2 Å². The van der Waals surface area contributed by atoms with Crippen molar-refractivity contribution in [1.29, 1.82) is 0 Å². The summed E-state index contributed by atoms with van der Waals surface area (Å²) in [6.45, 7) is 0.727. The van der Waals surface area contributed by atoms with E-state index in [0.29, 0.717) is 4.38 Å². The molecule has 0 spiro atoms. The number of hydrogen-bond donors (Lipinski definition) is 4. The molecule has 1 rings (SSSR count). The number of hydrogen-bond acceptors (Lipinski definition) is 8. The van der Waals surface area contributed by atoms with Crippen LogP contribution in [0.3, 0.4) is 0 Å². The predicted molar refractivity (Wildman–Crippen MR) is 74.6 cm³/mol. The Morgan fingerprint density at radius 1 is 1.47 bits per heavy atom. The molecule has 1 heterocycles. The quantitative estimate of drug-likeness (QED) is 0.515. The topological polar surface area (TPSA) is 114 Å². The molecule has 0 aromatic carbocycles. The van der Waals surface area contributed by atoms with Crippen molar-refractivity contribution in [3.8, 4) is 0 Å². The standard InChI is InChI=1S/C10H18N2O5S2/c1-5(14)12-8(19-10(11-12)18-2)3-6(15)9(17)7(16)4-13/h6-9,13,15-17H,3-4H2,1-2H3/t6-,7-,8?,9+/m0/s1. The van der Waals surface area contributed by atoms with Crippen molar-refractivity contribution in [3.63, 3.8) is 0 Å². The molecule has 0 bridgehead atoms. The number of carbonyl (C=O) groups excluding carboxylic acids is 1.